The van der Waals surface area contributed by atoms with Crippen molar-refractivity contribution in [2.75, 3.05) is 6.54 Å². The molecule has 1 aliphatic carbocycles. The molecule has 0 spiro atoms. The van der Waals surface area contributed by atoms with E-state index in [9.17, 15) is 0 Å². The molecule has 2 rings (SSSR count). The van der Waals surface area contributed by atoms with Gasteiger partial charge >= 0.3 is 0 Å². The Morgan fingerprint density at radius 1 is 1.56 bits per heavy atom. The SMILES string of the molecule is Cc1ccc(CNCC2(C)CCCC2N)o1. The predicted molar refractivity (Wildman–Crippen MR) is 65.1 cm³/mol. The van der Waals surface area contributed by atoms with Crippen molar-refractivity contribution in [1.29, 1.82) is 0 Å². The smallest absolute Gasteiger partial charge is 0.117 e. The molecule has 16 heavy (non-hydrogen) atoms. The minimum atomic E-state index is 0.266. The summed E-state index contributed by atoms with van der Waals surface area (Å²) in [6, 6.07) is 4.37. The van der Waals surface area contributed by atoms with Crippen LogP contribution >= 0.6 is 0 Å². The zero-order valence-electron chi connectivity index (χ0n) is 10.3. The van der Waals surface area contributed by atoms with Crippen molar-refractivity contribution in [3.8, 4) is 0 Å². The summed E-state index contributed by atoms with van der Waals surface area (Å²) in [5, 5.41) is 3.45. The molecule has 0 aromatic carbocycles. The van der Waals surface area contributed by atoms with Gasteiger partial charge in [-0.2, -0.15) is 0 Å². The fourth-order valence-corrected chi connectivity index (χ4v) is 2.53. The lowest BCUT2D eigenvalue weighted by Crippen LogP contribution is -2.42. The van der Waals surface area contributed by atoms with E-state index in [1.807, 2.05) is 19.1 Å². The molecule has 0 radical (unpaired) electrons. The van der Waals surface area contributed by atoms with Gasteiger partial charge in [0.15, 0.2) is 0 Å². The second-order valence-electron chi connectivity index (χ2n) is 5.27. The van der Waals surface area contributed by atoms with Crippen LogP contribution in [0.5, 0.6) is 0 Å². The molecule has 1 saturated carbocycles. The molecule has 0 aliphatic heterocycles. The Kier molecular flexibility index (Phi) is 3.36. The Morgan fingerprint density at radius 3 is 2.94 bits per heavy atom. The Labute approximate surface area is 97.4 Å². The van der Waals surface area contributed by atoms with Gasteiger partial charge in [0.25, 0.3) is 0 Å². The Morgan fingerprint density at radius 2 is 2.38 bits per heavy atom. The summed E-state index contributed by atoms with van der Waals surface area (Å²) in [7, 11) is 0. The summed E-state index contributed by atoms with van der Waals surface area (Å²) in [6.07, 6.45) is 3.66. The van der Waals surface area contributed by atoms with E-state index in [0.717, 1.165) is 31.0 Å². The highest BCUT2D eigenvalue weighted by Gasteiger charge is 2.35. The second kappa shape index (κ2) is 4.60. The van der Waals surface area contributed by atoms with Crippen molar-refractivity contribution in [3.05, 3.63) is 23.7 Å². The Bertz CT molecular complexity index is 347. The Balaban J connectivity index is 1.79. The van der Waals surface area contributed by atoms with Crippen molar-refractivity contribution in [2.45, 2.75) is 45.7 Å². The third-order valence-electron chi connectivity index (χ3n) is 3.78. The van der Waals surface area contributed by atoms with Gasteiger partial charge in [0.05, 0.1) is 6.54 Å². The van der Waals surface area contributed by atoms with Crippen LogP contribution in [0.1, 0.15) is 37.7 Å². The van der Waals surface area contributed by atoms with Gasteiger partial charge in [-0.3, -0.25) is 0 Å². The molecule has 3 heteroatoms. The molecule has 3 nitrogen and oxygen atoms in total. The van der Waals surface area contributed by atoms with Gasteiger partial charge in [0, 0.05) is 12.6 Å². The first-order chi connectivity index (χ1) is 7.60. The highest BCUT2D eigenvalue weighted by Crippen LogP contribution is 2.35. The standard InChI is InChI=1S/C13H22N2O/c1-10-5-6-11(16-10)8-15-9-13(2)7-3-4-12(13)14/h5-6,12,15H,3-4,7-9,14H2,1-2H3. The van der Waals surface area contributed by atoms with E-state index < -0.39 is 0 Å². The van der Waals surface area contributed by atoms with Crippen LogP contribution in [0.25, 0.3) is 0 Å². The molecule has 3 N–H and O–H groups in total. The van der Waals surface area contributed by atoms with Crippen LogP contribution < -0.4 is 11.1 Å². The van der Waals surface area contributed by atoms with E-state index in [1.165, 1.54) is 12.8 Å². The monoisotopic (exact) mass is 222 g/mol. The molecule has 0 amide bonds. The number of furan rings is 1. The first-order valence-electron chi connectivity index (χ1n) is 6.12. The summed E-state index contributed by atoms with van der Waals surface area (Å²) < 4.78 is 5.51. The number of rotatable bonds is 4. The molecule has 1 aromatic heterocycles. The number of hydrogen-bond acceptors (Lipinski definition) is 3. The van der Waals surface area contributed by atoms with Crippen LogP contribution in [0.4, 0.5) is 0 Å². The van der Waals surface area contributed by atoms with Crippen molar-refractivity contribution in [2.24, 2.45) is 11.1 Å². The highest BCUT2D eigenvalue weighted by molar-refractivity contribution is 5.05. The average molecular weight is 222 g/mol. The van der Waals surface area contributed by atoms with Gasteiger partial charge in [-0.15, -0.1) is 0 Å². The molecule has 90 valence electrons. The number of nitrogens with two attached hydrogens (primary N) is 1. The predicted octanol–water partition coefficient (Wildman–Crippen LogP) is 2.20. The van der Waals surface area contributed by atoms with Crippen molar-refractivity contribution < 1.29 is 4.42 Å². The largest absolute Gasteiger partial charge is 0.465 e. The molecule has 1 aromatic rings. The van der Waals surface area contributed by atoms with Crippen molar-refractivity contribution in [1.82, 2.24) is 5.32 Å². The van der Waals surface area contributed by atoms with Gasteiger partial charge in [-0.25, -0.2) is 0 Å². The number of nitrogens with one attached hydrogen (secondary N) is 1. The van der Waals surface area contributed by atoms with Crippen LogP contribution in [-0.4, -0.2) is 12.6 Å². The molecular formula is C13H22N2O. The van der Waals surface area contributed by atoms with E-state index in [0.29, 0.717) is 6.04 Å². The summed E-state index contributed by atoms with van der Waals surface area (Å²) >= 11 is 0. The fourth-order valence-electron chi connectivity index (χ4n) is 2.53. The maximum Gasteiger partial charge on any atom is 0.117 e. The van der Waals surface area contributed by atoms with Crippen LogP contribution in [0.2, 0.25) is 0 Å². The summed E-state index contributed by atoms with van der Waals surface area (Å²) in [5.74, 6) is 1.98. The normalized spacial score (nSPS) is 29.8. The van der Waals surface area contributed by atoms with Crippen LogP contribution in [0.3, 0.4) is 0 Å². The molecule has 1 heterocycles. The Hall–Kier alpha value is -0.800. The van der Waals surface area contributed by atoms with E-state index in [-0.39, 0.29) is 5.41 Å². The van der Waals surface area contributed by atoms with E-state index in [4.69, 9.17) is 10.2 Å². The van der Waals surface area contributed by atoms with Crippen LogP contribution in [-0.2, 0) is 6.54 Å². The maximum atomic E-state index is 6.13. The molecule has 1 fully saturated rings. The first-order valence-corrected chi connectivity index (χ1v) is 6.12. The third-order valence-corrected chi connectivity index (χ3v) is 3.78. The minimum absolute atomic E-state index is 0.266. The summed E-state index contributed by atoms with van der Waals surface area (Å²) in [5.41, 5.74) is 6.40. The lowest BCUT2D eigenvalue weighted by molar-refractivity contribution is 0.273. The molecule has 2 unspecified atom stereocenters. The third kappa shape index (κ3) is 2.47. The minimum Gasteiger partial charge on any atom is -0.465 e. The first kappa shape index (κ1) is 11.7. The van der Waals surface area contributed by atoms with E-state index in [2.05, 4.69) is 12.2 Å². The quantitative estimate of drug-likeness (QED) is 0.821. The molecule has 2 atom stereocenters. The number of aryl methyl sites for hydroxylation is 1. The lowest BCUT2D eigenvalue weighted by atomic mass is 9.85. The van der Waals surface area contributed by atoms with Crippen LogP contribution in [0, 0.1) is 12.3 Å². The van der Waals surface area contributed by atoms with Gasteiger partial charge in [-0.1, -0.05) is 13.3 Å². The van der Waals surface area contributed by atoms with Crippen LogP contribution in [0.15, 0.2) is 16.5 Å². The van der Waals surface area contributed by atoms with Gasteiger partial charge in [-0.05, 0) is 37.3 Å². The molecule has 0 bridgehead atoms. The zero-order valence-corrected chi connectivity index (χ0v) is 10.3. The van der Waals surface area contributed by atoms with E-state index >= 15 is 0 Å². The average Bonchev–Trinajstić information content (AvgIpc) is 2.76. The molecular weight excluding hydrogens is 200 g/mol. The lowest BCUT2D eigenvalue weighted by Gasteiger charge is -2.29. The maximum absolute atomic E-state index is 6.13. The number of hydrogen-bond donors (Lipinski definition) is 2. The fraction of sp³-hybridized carbons (Fsp3) is 0.692. The molecule has 0 saturated heterocycles. The second-order valence-corrected chi connectivity index (χ2v) is 5.27. The van der Waals surface area contributed by atoms with E-state index in [1.54, 1.807) is 0 Å². The van der Waals surface area contributed by atoms with Gasteiger partial charge in [0.2, 0.25) is 0 Å². The summed E-state index contributed by atoms with van der Waals surface area (Å²) in [4.78, 5) is 0. The van der Waals surface area contributed by atoms with Gasteiger partial charge in [0.1, 0.15) is 11.5 Å². The topological polar surface area (TPSA) is 51.2 Å². The van der Waals surface area contributed by atoms with Crippen molar-refractivity contribution >= 4 is 0 Å². The zero-order chi connectivity index (χ0) is 11.6. The molecule has 1 aliphatic rings. The van der Waals surface area contributed by atoms with Crippen molar-refractivity contribution in [3.63, 3.8) is 0 Å². The summed E-state index contributed by atoms with van der Waals surface area (Å²) in [6.45, 7) is 6.03. The van der Waals surface area contributed by atoms with Gasteiger partial charge < -0.3 is 15.5 Å². The highest BCUT2D eigenvalue weighted by atomic mass is 16.3.